The summed E-state index contributed by atoms with van der Waals surface area (Å²) in [6.45, 7) is 2.45. The first-order valence-electron chi connectivity index (χ1n) is 7.71. The monoisotopic (exact) mass is 333 g/mol. The zero-order valence-electron chi connectivity index (χ0n) is 13.6. The minimum absolute atomic E-state index is 0.0000252. The molecule has 0 amide bonds. The van der Waals surface area contributed by atoms with Gasteiger partial charge in [-0.25, -0.2) is 13.1 Å². The number of ether oxygens (including phenoxy) is 1. The van der Waals surface area contributed by atoms with E-state index in [4.69, 9.17) is 4.74 Å². The van der Waals surface area contributed by atoms with Crippen LogP contribution in [0.1, 0.15) is 23.6 Å². The summed E-state index contributed by atoms with van der Waals surface area (Å²) < 4.78 is 32.3. The van der Waals surface area contributed by atoms with Crippen LogP contribution in [0.2, 0.25) is 0 Å². The summed E-state index contributed by atoms with van der Waals surface area (Å²) in [4.78, 5) is 0. The van der Waals surface area contributed by atoms with Crippen molar-refractivity contribution < 1.29 is 13.2 Å². The number of hydrogen-bond donors (Lipinski definition) is 1. The van der Waals surface area contributed by atoms with Crippen LogP contribution < -0.4 is 9.46 Å². The third kappa shape index (κ3) is 5.37. The van der Waals surface area contributed by atoms with E-state index in [2.05, 4.69) is 17.7 Å². The van der Waals surface area contributed by atoms with Gasteiger partial charge in [0.1, 0.15) is 5.75 Å². The van der Waals surface area contributed by atoms with Crippen molar-refractivity contribution in [3.05, 3.63) is 65.2 Å². The third-order valence-corrected chi connectivity index (χ3v) is 5.03. The fourth-order valence-corrected chi connectivity index (χ4v) is 3.58. The van der Waals surface area contributed by atoms with Crippen LogP contribution >= 0.6 is 0 Å². The number of aryl methyl sites for hydroxylation is 1. The van der Waals surface area contributed by atoms with Crippen molar-refractivity contribution in [3.63, 3.8) is 0 Å². The standard InChI is InChI=1S/C18H23NO3S/c1-3-15-9-10-18(22-2)17(13-15)11-12-19-23(20,21)14-16-7-5-4-6-8-16/h4-10,13,19H,3,11-12,14H2,1-2H3. The summed E-state index contributed by atoms with van der Waals surface area (Å²) in [7, 11) is -1.70. The zero-order valence-corrected chi connectivity index (χ0v) is 14.4. The van der Waals surface area contributed by atoms with Crippen LogP contribution in [-0.2, 0) is 28.6 Å². The third-order valence-electron chi connectivity index (χ3n) is 3.67. The molecular formula is C18H23NO3S. The SMILES string of the molecule is CCc1ccc(OC)c(CCNS(=O)(=O)Cc2ccccc2)c1. The van der Waals surface area contributed by atoms with Gasteiger partial charge in [0.05, 0.1) is 12.9 Å². The fraction of sp³-hybridized carbons (Fsp3) is 0.333. The molecule has 0 bridgehead atoms. The molecule has 0 aliphatic carbocycles. The Hall–Kier alpha value is -1.85. The molecule has 0 radical (unpaired) electrons. The van der Waals surface area contributed by atoms with Crippen LogP contribution in [0.4, 0.5) is 0 Å². The topological polar surface area (TPSA) is 55.4 Å². The summed E-state index contributed by atoms with van der Waals surface area (Å²) >= 11 is 0. The molecule has 0 heterocycles. The Morgan fingerprint density at radius 3 is 2.43 bits per heavy atom. The zero-order chi connectivity index (χ0) is 16.7. The lowest BCUT2D eigenvalue weighted by Crippen LogP contribution is -2.27. The lowest BCUT2D eigenvalue weighted by Gasteiger charge is -2.11. The molecule has 0 saturated carbocycles. The quantitative estimate of drug-likeness (QED) is 0.808. The Bertz CT molecular complexity index is 727. The van der Waals surface area contributed by atoms with Gasteiger partial charge in [-0.1, -0.05) is 49.4 Å². The summed E-state index contributed by atoms with van der Waals surface area (Å²) in [5, 5.41) is 0. The van der Waals surface area contributed by atoms with E-state index in [1.54, 1.807) is 7.11 Å². The smallest absolute Gasteiger partial charge is 0.215 e. The fourth-order valence-electron chi connectivity index (χ4n) is 2.43. The van der Waals surface area contributed by atoms with E-state index in [0.29, 0.717) is 13.0 Å². The Balaban J connectivity index is 1.96. The highest BCUT2D eigenvalue weighted by molar-refractivity contribution is 7.88. The highest BCUT2D eigenvalue weighted by Crippen LogP contribution is 2.20. The van der Waals surface area contributed by atoms with Crippen molar-refractivity contribution in [1.82, 2.24) is 4.72 Å². The molecule has 5 heteroatoms. The highest BCUT2D eigenvalue weighted by atomic mass is 32.2. The summed E-state index contributed by atoms with van der Waals surface area (Å²) in [6.07, 6.45) is 1.54. The second kappa shape index (κ2) is 8.13. The number of benzene rings is 2. The summed E-state index contributed by atoms with van der Waals surface area (Å²) in [5.41, 5.74) is 3.02. The number of sulfonamides is 1. The first-order valence-corrected chi connectivity index (χ1v) is 9.36. The van der Waals surface area contributed by atoms with Gasteiger partial charge < -0.3 is 4.74 Å². The van der Waals surface area contributed by atoms with Crippen LogP contribution in [0.25, 0.3) is 0 Å². The number of nitrogens with one attached hydrogen (secondary N) is 1. The van der Waals surface area contributed by atoms with Gasteiger partial charge in [-0.3, -0.25) is 0 Å². The Morgan fingerprint density at radius 1 is 1.04 bits per heavy atom. The predicted octanol–water partition coefficient (Wildman–Crippen LogP) is 2.92. The van der Waals surface area contributed by atoms with Crippen molar-refractivity contribution in [2.24, 2.45) is 0 Å². The van der Waals surface area contributed by atoms with Gasteiger partial charge in [-0.05, 0) is 35.6 Å². The van der Waals surface area contributed by atoms with Gasteiger partial charge in [0.15, 0.2) is 0 Å². The molecule has 4 nitrogen and oxygen atoms in total. The Kier molecular flexibility index (Phi) is 6.19. The molecule has 1 N–H and O–H groups in total. The molecule has 23 heavy (non-hydrogen) atoms. The molecule has 0 aromatic heterocycles. The van der Waals surface area contributed by atoms with Crippen LogP contribution in [-0.4, -0.2) is 22.1 Å². The van der Waals surface area contributed by atoms with Gasteiger partial charge >= 0.3 is 0 Å². The second-order valence-corrected chi connectivity index (χ2v) is 7.20. The van der Waals surface area contributed by atoms with Crippen molar-refractivity contribution >= 4 is 10.0 Å². The van der Waals surface area contributed by atoms with Crippen LogP contribution in [0.15, 0.2) is 48.5 Å². The first-order chi connectivity index (χ1) is 11.0. The maximum atomic E-state index is 12.1. The van der Waals surface area contributed by atoms with Gasteiger partial charge in [-0.15, -0.1) is 0 Å². The molecule has 124 valence electrons. The van der Waals surface area contributed by atoms with E-state index in [1.807, 2.05) is 42.5 Å². The molecule has 0 spiro atoms. The number of methoxy groups -OCH3 is 1. The van der Waals surface area contributed by atoms with Crippen molar-refractivity contribution in [1.29, 1.82) is 0 Å². The highest BCUT2D eigenvalue weighted by Gasteiger charge is 2.11. The maximum Gasteiger partial charge on any atom is 0.215 e. The molecule has 2 aromatic carbocycles. The minimum atomic E-state index is -3.33. The molecule has 0 saturated heterocycles. The van der Waals surface area contributed by atoms with Crippen LogP contribution in [0, 0.1) is 0 Å². The van der Waals surface area contributed by atoms with Crippen molar-refractivity contribution in [3.8, 4) is 5.75 Å². The lowest BCUT2D eigenvalue weighted by atomic mass is 10.1. The molecular weight excluding hydrogens is 310 g/mol. The van der Waals surface area contributed by atoms with Crippen molar-refractivity contribution in [2.45, 2.75) is 25.5 Å². The predicted molar refractivity (Wildman–Crippen MR) is 93.1 cm³/mol. The molecule has 0 atom stereocenters. The number of hydrogen-bond acceptors (Lipinski definition) is 3. The van der Waals surface area contributed by atoms with Gasteiger partial charge in [0.2, 0.25) is 10.0 Å². The summed E-state index contributed by atoms with van der Waals surface area (Å²) in [6, 6.07) is 15.2. The maximum absolute atomic E-state index is 12.1. The van der Waals surface area contributed by atoms with Gasteiger partial charge in [0, 0.05) is 6.54 Å². The lowest BCUT2D eigenvalue weighted by molar-refractivity contribution is 0.409. The van der Waals surface area contributed by atoms with Crippen LogP contribution in [0.5, 0.6) is 5.75 Å². The average molecular weight is 333 g/mol. The van der Waals surface area contributed by atoms with Crippen molar-refractivity contribution in [2.75, 3.05) is 13.7 Å². The normalized spacial score (nSPS) is 11.4. The number of rotatable bonds is 8. The molecule has 0 aliphatic rings. The van der Waals surface area contributed by atoms with Gasteiger partial charge in [0.25, 0.3) is 0 Å². The van der Waals surface area contributed by atoms with Gasteiger partial charge in [-0.2, -0.15) is 0 Å². The minimum Gasteiger partial charge on any atom is -0.496 e. The van der Waals surface area contributed by atoms with E-state index >= 15 is 0 Å². The molecule has 2 rings (SSSR count). The van der Waals surface area contributed by atoms with E-state index in [-0.39, 0.29) is 5.75 Å². The summed E-state index contributed by atoms with van der Waals surface area (Å²) in [5.74, 6) is 0.796. The van der Waals surface area contributed by atoms with E-state index in [1.165, 1.54) is 5.56 Å². The molecule has 0 fully saturated rings. The van der Waals surface area contributed by atoms with Crippen LogP contribution in [0.3, 0.4) is 0 Å². The first kappa shape index (κ1) is 17.5. The molecule has 0 unspecified atom stereocenters. The van der Waals surface area contributed by atoms with E-state index in [0.717, 1.165) is 23.3 Å². The second-order valence-electron chi connectivity index (χ2n) is 5.39. The largest absolute Gasteiger partial charge is 0.496 e. The Morgan fingerprint density at radius 2 is 1.78 bits per heavy atom. The molecule has 0 aliphatic heterocycles. The van der Waals surface area contributed by atoms with E-state index in [9.17, 15) is 8.42 Å². The average Bonchev–Trinajstić information content (AvgIpc) is 2.55. The van der Waals surface area contributed by atoms with E-state index < -0.39 is 10.0 Å². The Labute approximate surface area is 138 Å². The molecule has 2 aromatic rings.